The van der Waals surface area contributed by atoms with E-state index in [0.717, 1.165) is 11.6 Å². The van der Waals surface area contributed by atoms with Gasteiger partial charge in [0.25, 0.3) is 0 Å². The molecule has 0 fully saturated rings. The van der Waals surface area contributed by atoms with Gasteiger partial charge < -0.3 is 5.32 Å². The van der Waals surface area contributed by atoms with E-state index in [-0.39, 0.29) is 0 Å². The molecule has 1 rings (SSSR count). The van der Waals surface area contributed by atoms with Crippen LogP contribution in [0.15, 0.2) is 5.51 Å². The van der Waals surface area contributed by atoms with Gasteiger partial charge in [-0.05, 0) is 19.4 Å². The lowest BCUT2D eigenvalue weighted by atomic mass is 9.90. The lowest BCUT2D eigenvalue weighted by Gasteiger charge is -2.25. The molecule has 1 aromatic rings. The van der Waals surface area contributed by atoms with Crippen LogP contribution < -0.4 is 5.32 Å². The van der Waals surface area contributed by atoms with Crippen molar-refractivity contribution in [3.8, 4) is 0 Å². The van der Waals surface area contributed by atoms with Crippen molar-refractivity contribution in [2.75, 3.05) is 6.54 Å². The van der Waals surface area contributed by atoms with Crippen LogP contribution in [0.2, 0.25) is 0 Å². The minimum absolute atomic E-state index is 0.466. The molecule has 4 heteroatoms. The first kappa shape index (κ1) is 11.6. The van der Waals surface area contributed by atoms with Crippen molar-refractivity contribution in [2.24, 2.45) is 5.92 Å². The Morgan fingerprint density at radius 1 is 1.43 bits per heavy atom. The van der Waals surface area contributed by atoms with Gasteiger partial charge in [0.2, 0.25) is 0 Å². The Bertz CT molecular complexity index is 246. The molecule has 0 aliphatic heterocycles. The molecule has 0 aromatic carbocycles. The van der Waals surface area contributed by atoms with Gasteiger partial charge in [0.05, 0.1) is 0 Å². The Kier molecular flexibility index (Phi) is 4.48. The highest BCUT2D eigenvalue weighted by Gasteiger charge is 2.24. The fourth-order valence-electron chi connectivity index (χ4n) is 1.85. The molecule has 14 heavy (non-hydrogen) atoms. The molecule has 0 radical (unpaired) electrons. The van der Waals surface area contributed by atoms with E-state index in [0.29, 0.717) is 17.9 Å². The number of nitrogens with one attached hydrogen (secondary N) is 1. The Morgan fingerprint density at radius 3 is 2.57 bits per heavy atom. The van der Waals surface area contributed by atoms with Gasteiger partial charge in [-0.1, -0.05) is 20.8 Å². The largest absolute Gasteiger partial charge is 0.314 e. The van der Waals surface area contributed by atoms with Crippen LogP contribution in [0.25, 0.3) is 0 Å². The van der Waals surface area contributed by atoms with Crippen molar-refractivity contribution < 1.29 is 0 Å². The Labute approximate surface area is 89.9 Å². The van der Waals surface area contributed by atoms with Gasteiger partial charge in [-0.3, -0.25) is 0 Å². The summed E-state index contributed by atoms with van der Waals surface area (Å²) in [6, 6.07) is 0.466. The zero-order valence-corrected chi connectivity index (χ0v) is 10.1. The maximum Gasteiger partial charge on any atom is 0.122 e. The minimum atomic E-state index is 0.466. The second kappa shape index (κ2) is 5.41. The van der Waals surface area contributed by atoms with Crippen molar-refractivity contribution in [1.82, 2.24) is 15.5 Å². The summed E-state index contributed by atoms with van der Waals surface area (Å²) in [5.74, 6) is 1.07. The Balaban J connectivity index is 2.74. The van der Waals surface area contributed by atoms with Crippen LogP contribution in [0.3, 0.4) is 0 Å². The van der Waals surface area contributed by atoms with E-state index >= 15 is 0 Å². The number of rotatable bonds is 5. The highest BCUT2D eigenvalue weighted by Crippen LogP contribution is 2.28. The molecular weight excluding hydrogens is 194 g/mol. The van der Waals surface area contributed by atoms with Crippen LogP contribution in [0.5, 0.6) is 0 Å². The predicted molar refractivity (Wildman–Crippen MR) is 60.6 cm³/mol. The zero-order valence-electron chi connectivity index (χ0n) is 9.32. The quantitative estimate of drug-likeness (QED) is 0.815. The molecule has 2 unspecified atom stereocenters. The van der Waals surface area contributed by atoms with Crippen LogP contribution in [-0.4, -0.2) is 22.8 Å². The molecule has 1 aromatic heterocycles. The molecule has 2 atom stereocenters. The average Bonchev–Trinajstić information content (AvgIpc) is 2.57. The van der Waals surface area contributed by atoms with Crippen molar-refractivity contribution in [3.05, 3.63) is 10.5 Å². The van der Waals surface area contributed by atoms with Crippen molar-refractivity contribution in [2.45, 2.75) is 39.7 Å². The van der Waals surface area contributed by atoms with E-state index in [1.54, 1.807) is 11.3 Å². The SMILES string of the molecule is CCNC(C)C(c1nncs1)C(C)C. The van der Waals surface area contributed by atoms with Gasteiger partial charge in [0.1, 0.15) is 10.5 Å². The van der Waals surface area contributed by atoms with Crippen LogP contribution >= 0.6 is 11.3 Å². The number of hydrogen-bond acceptors (Lipinski definition) is 4. The average molecular weight is 213 g/mol. The molecule has 0 aliphatic carbocycles. The van der Waals surface area contributed by atoms with Crippen LogP contribution in [0, 0.1) is 5.92 Å². The van der Waals surface area contributed by atoms with E-state index in [2.05, 4.69) is 43.2 Å². The molecule has 3 nitrogen and oxygen atoms in total. The summed E-state index contributed by atoms with van der Waals surface area (Å²) in [5.41, 5.74) is 1.81. The number of likely N-dealkylation sites (N-methyl/N-ethyl adjacent to an activating group) is 1. The summed E-state index contributed by atoms with van der Waals surface area (Å²) in [6.45, 7) is 9.83. The first-order valence-corrected chi connectivity index (χ1v) is 6.04. The van der Waals surface area contributed by atoms with Crippen molar-refractivity contribution in [3.63, 3.8) is 0 Å². The van der Waals surface area contributed by atoms with E-state index in [1.807, 2.05) is 5.51 Å². The molecule has 0 aliphatic rings. The molecule has 1 N–H and O–H groups in total. The number of nitrogens with zero attached hydrogens (tertiary/aromatic N) is 2. The number of aromatic nitrogens is 2. The number of hydrogen-bond donors (Lipinski definition) is 1. The normalized spacial score (nSPS) is 15.8. The third-order valence-electron chi connectivity index (χ3n) is 2.45. The summed E-state index contributed by atoms with van der Waals surface area (Å²) in [7, 11) is 0. The molecule has 0 saturated heterocycles. The molecular formula is C10H19N3S. The third-order valence-corrected chi connectivity index (χ3v) is 3.24. The molecule has 0 spiro atoms. The second-order valence-electron chi connectivity index (χ2n) is 3.89. The summed E-state index contributed by atoms with van der Waals surface area (Å²) in [6.07, 6.45) is 0. The predicted octanol–water partition coefficient (Wildman–Crippen LogP) is 2.28. The van der Waals surface area contributed by atoms with Crippen LogP contribution in [-0.2, 0) is 0 Å². The fraction of sp³-hybridized carbons (Fsp3) is 0.800. The van der Waals surface area contributed by atoms with E-state index in [4.69, 9.17) is 0 Å². The standard InChI is InChI=1S/C10H19N3S/c1-5-11-8(4)9(7(2)3)10-13-12-6-14-10/h6-9,11H,5H2,1-4H3. The maximum atomic E-state index is 4.17. The van der Waals surface area contributed by atoms with Crippen LogP contribution in [0.1, 0.15) is 38.6 Å². The molecule has 0 amide bonds. The second-order valence-corrected chi connectivity index (χ2v) is 4.76. The summed E-state index contributed by atoms with van der Waals surface area (Å²) < 4.78 is 0. The van der Waals surface area contributed by atoms with Gasteiger partial charge in [0.15, 0.2) is 0 Å². The first-order chi connectivity index (χ1) is 6.66. The van der Waals surface area contributed by atoms with Gasteiger partial charge in [-0.25, -0.2) is 0 Å². The van der Waals surface area contributed by atoms with Gasteiger partial charge in [-0.15, -0.1) is 21.5 Å². The summed E-state index contributed by atoms with van der Waals surface area (Å²) >= 11 is 1.65. The lowest BCUT2D eigenvalue weighted by molar-refractivity contribution is 0.380. The highest BCUT2D eigenvalue weighted by molar-refractivity contribution is 7.09. The molecule has 0 bridgehead atoms. The van der Waals surface area contributed by atoms with Crippen LogP contribution in [0.4, 0.5) is 0 Å². The van der Waals surface area contributed by atoms with Crippen molar-refractivity contribution in [1.29, 1.82) is 0 Å². The topological polar surface area (TPSA) is 37.8 Å². The maximum absolute atomic E-state index is 4.17. The van der Waals surface area contributed by atoms with Gasteiger partial charge in [-0.2, -0.15) is 0 Å². The fourth-order valence-corrected chi connectivity index (χ4v) is 2.78. The van der Waals surface area contributed by atoms with Gasteiger partial charge >= 0.3 is 0 Å². The van der Waals surface area contributed by atoms with Crippen molar-refractivity contribution >= 4 is 11.3 Å². The first-order valence-electron chi connectivity index (χ1n) is 5.16. The molecule has 0 saturated carbocycles. The third kappa shape index (κ3) is 2.75. The Morgan fingerprint density at radius 2 is 2.14 bits per heavy atom. The molecule has 1 heterocycles. The molecule has 80 valence electrons. The monoisotopic (exact) mass is 213 g/mol. The highest BCUT2D eigenvalue weighted by atomic mass is 32.1. The zero-order chi connectivity index (χ0) is 10.6. The summed E-state index contributed by atoms with van der Waals surface area (Å²) in [5, 5.41) is 12.7. The van der Waals surface area contributed by atoms with E-state index in [9.17, 15) is 0 Å². The lowest BCUT2D eigenvalue weighted by Crippen LogP contribution is -2.34. The minimum Gasteiger partial charge on any atom is -0.314 e. The van der Waals surface area contributed by atoms with Gasteiger partial charge in [0, 0.05) is 12.0 Å². The van der Waals surface area contributed by atoms with E-state index in [1.165, 1.54) is 0 Å². The Hall–Kier alpha value is -0.480. The smallest absolute Gasteiger partial charge is 0.122 e. The van der Waals surface area contributed by atoms with E-state index < -0.39 is 0 Å². The summed E-state index contributed by atoms with van der Waals surface area (Å²) in [4.78, 5) is 0.